The molecule has 9 heteroatoms. The second-order valence-electron chi connectivity index (χ2n) is 6.03. The predicted octanol–water partition coefficient (Wildman–Crippen LogP) is 1.01. The average Bonchev–Trinajstić information content (AvgIpc) is 3.09. The molecule has 0 unspecified atom stereocenters. The van der Waals surface area contributed by atoms with Gasteiger partial charge in [-0.15, -0.1) is 0 Å². The molecule has 2 aromatic heterocycles. The number of aromatic nitrogens is 2. The molecule has 0 saturated carbocycles. The Balaban J connectivity index is 1.56. The molecule has 4 N–H and O–H groups in total. The summed E-state index contributed by atoms with van der Waals surface area (Å²) in [6, 6.07) is 8.22. The van der Waals surface area contributed by atoms with Crippen LogP contribution in [0.5, 0.6) is 5.75 Å². The van der Waals surface area contributed by atoms with E-state index in [0.29, 0.717) is 16.8 Å². The van der Waals surface area contributed by atoms with Crippen LogP contribution in [0.25, 0.3) is 11.0 Å². The summed E-state index contributed by atoms with van der Waals surface area (Å²) in [5.74, 6) is -2.11. The normalized spacial score (nSPS) is 16.0. The molecule has 0 bridgehead atoms. The molecule has 26 heavy (non-hydrogen) atoms. The van der Waals surface area contributed by atoms with Crippen molar-refractivity contribution < 1.29 is 24.4 Å². The number of fused-ring (bicyclic) bond motifs is 2. The number of rotatable bonds is 3. The van der Waals surface area contributed by atoms with Gasteiger partial charge in [-0.25, -0.2) is 9.78 Å². The number of hydrogen-bond donors (Lipinski definition) is 4. The lowest BCUT2D eigenvalue weighted by Crippen LogP contribution is -2.53. The van der Waals surface area contributed by atoms with Gasteiger partial charge < -0.3 is 25.1 Å². The summed E-state index contributed by atoms with van der Waals surface area (Å²) in [5, 5.41) is 22.9. The molecule has 0 radical (unpaired) electrons. The summed E-state index contributed by atoms with van der Waals surface area (Å²) >= 11 is 0. The van der Waals surface area contributed by atoms with Crippen LogP contribution in [0.4, 0.5) is 0 Å². The Bertz CT molecular complexity index is 1020. The van der Waals surface area contributed by atoms with Crippen molar-refractivity contribution in [3.63, 3.8) is 0 Å². The van der Waals surface area contributed by atoms with Crippen LogP contribution < -0.4 is 9.97 Å². The predicted molar refractivity (Wildman–Crippen MR) is 93.1 cm³/mol. The molecule has 0 aliphatic carbocycles. The molecule has 0 saturated heterocycles. The summed E-state index contributed by atoms with van der Waals surface area (Å²) in [6.07, 6.45) is 3.43. The van der Waals surface area contributed by atoms with Crippen LogP contribution in [0.1, 0.15) is 26.3 Å². The Morgan fingerprint density at radius 3 is 3.00 bits per heavy atom. The molecule has 1 aliphatic rings. The standard InChI is InChI=1S/C17H14BN3O5/c22-16(11-6-10-4-5-19-15(10)20-8-11)21-13-7-9-2-1-3-12(17(23)24)14(9)26-18(13)25/h1-6,8,13,25H,7H2,(H,19,20)(H,21,22)(H,23,24)/t13-/m0/s1. The number of carboxylic acid groups (broad SMARTS) is 1. The van der Waals surface area contributed by atoms with Crippen LogP contribution in [0.15, 0.2) is 42.7 Å². The molecular weight excluding hydrogens is 337 g/mol. The third-order valence-corrected chi connectivity index (χ3v) is 4.33. The van der Waals surface area contributed by atoms with E-state index in [-0.39, 0.29) is 17.7 Å². The van der Waals surface area contributed by atoms with Gasteiger partial charge in [0, 0.05) is 17.8 Å². The number of aromatic carboxylic acids is 1. The van der Waals surface area contributed by atoms with Gasteiger partial charge in [0.2, 0.25) is 0 Å². The average molecular weight is 351 g/mol. The minimum atomic E-state index is -1.35. The van der Waals surface area contributed by atoms with Gasteiger partial charge in [0.1, 0.15) is 11.4 Å². The van der Waals surface area contributed by atoms with E-state index in [1.807, 2.05) is 0 Å². The maximum absolute atomic E-state index is 12.5. The zero-order valence-corrected chi connectivity index (χ0v) is 13.5. The van der Waals surface area contributed by atoms with Gasteiger partial charge in [0.05, 0.1) is 17.1 Å². The van der Waals surface area contributed by atoms with E-state index in [4.69, 9.17) is 4.65 Å². The highest BCUT2D eigenvalue weighted by Crippen LogP contribution is 2.30. The quantitative estimate of drug-likeness (QED) is 0.522. The molecule has 1 aromatic carbocycles. The highest BCUT2D eigenvalue weighted by atomic mass is 16.5. The van der Waals surface area contributed by atoms with E-state index in [1.54, 1.807) is 30.5 Å². The molecule has 8 nitrogen and oxygen atoms in total. The number of pyridine rings is 1. The first kappa shape index (κ1) is 16.2. The fourth-order valence-electron chi connectivity index (χ4n) is 3.03. The number of carbonyl (C=O) groups excluding carboxylic acids is 1. The van der Waals surface area contributed by atoms with E-state index in [2.05, 4.69) is 15.3 Å². The second-order valence-corrected chi connectivity index (χ2v) is 6.03. The summed E-state index contributed by atoms with van der Waals surface area (Å²) in [7, 11) is -1.35. The van der Waals surface area contributed by atoms with Crippen LogP contribution in [0, 0.1) is 0 Å². The van der Waals surface area contributed by atoms with Gasteiger partial charge in [-0.05, 0) is 30.2 Å². The van der Waals surface area contributed by atoms with Crippen molar-refractivity contribution in [1.82, 2.24) is 15.3 Å². The van der Waals surface area contributed by atoms with Crippen LogP contribution in [0.3, 0.4) is 0 Å². The van der Waals surface area contributed by atoms with E-state index >= 15 is 0 Å². The number of H-pyrrole nitrogens is 1. The number of hydrogen-bond acceptors (Lipinski definition) is 5. The summed E-state index contributed by atoms with van der Waals surface area (Å²) in [4.78, 5) is 30.9. The van der Waals surface area contributed by atoms with Gasteiger partial charge in [-0.1, -0.05) is 12.1 Å². The van der Waals surface area contributed by atoms with Crippen molar-refractivity contribution in [2.45, 2.75) is 12.4 Å². The van der Waals surface area contributed by atoms with Crippen molar-refractivity contribution in [2.75, 3.05) is 0 Å². The number of carboxylic acids is 1. The zero-order chi connectivity index (χ0) is 18.3. The molecule has 3 heterocycles. The Hall–Kier alpha value is -3.33. The largest absolute Gasteiger partial charge is 0.547 e. The first-order valence-corrected chi connectivity index (χ1v) is 7.97. The van der Waals surface area contributed by atoms with Gasteiger partial charge >= 0.3 is 13.1 Å². The van der Waals surface area contributed by atoms with Gasteiger partial charge in [-0.3, -0.25) is 4.79 Å². The molecule has 1 atom stereocenters. The maximum atomic E-state index is 12.5. The fraction of sp³-hybridized carbons (Fsp3) is 0.118. The smallest absolute Gasteiger partial charge is 0.534 e. The van der Waals surface area contributed by atoms with Crippen molar-refractivity contribution in [3.05, 3.63) is 59.4 Å². The third-order valence-electron chi connectivity index (χ3n) is 4.33. The Kier molecular flexibility index (Phi) is 3.85. The summed E-state index contributed by atoms with van der Waals surface area (Å²) in [5.41, 5.74) is 1.63. The molecule has 130 valence electrons. The lowest BCUT2D eigenvalue weighted by atomic mass is 9.72. The van der Waals surface area contributed by atoms with Crippen LogP contribution in [0.2, 0.25) is 0 Å². The number of amides is 1. The number of nitrogens with zero attached hydrogens (tertiary/aromatic N) is 1. The number of benzene rings is 1. The van der Waals surface area contributed by atoms with E-state index in [9.17, 15) is 19.7 Å². The minimum Gasteiger partial charge on any atom is -0.534 e. The van der Waals surface area contributed by atoms with E-state index in [1.165, 1.54) is 12.3 Å². The molecule has 1 amide bonds. The summed E-state index contributed by atoms with van der Waals surface area (Å²) < 4.78 is 5.37. The Morgan fingerprint density at radius 1 is 1.35 bits per heavy atom. The van der Waals surface area contributed by atoms with Crippen molar-refractivity contribution in [2.24, 2.45) is 0 Å². The third kappa shape index (κ3) is 2.78. The van der Waals surface area contributed by atoms with E-state index < -0.39 is 24.9 Å². The van der Waals surface area contributed by atoms with Crippen molar-refractivity contribution >= 4 is 30.0 Å². The monoisotopic (exact) mass is 351 g/mol. The Labute approximate surface area is 148 Å². The number of carbonyl (C=O) groups is 2. The topological polar surface area (TPSA) is 125 Å². The van der Waals surface area contributed by atoms with Crippen molar-refractivity contribution in [3.8, 4) is 5.75 Å². The zero-order valence-electron chi connectivity index (χ0n) is 13.5. The highest BCUT2D eigenvalue weighted by Gasteiger charge is 2.37. The van der Waals surface area contributed by atoms with Crippen LogP contribution in [-0.2, 0) is 6.42 Å². The SMILES string of the molecule is O=C(N[C@H]1Cc2cccc(C(=O)O)c2OB1O)c1cnc2[nH]ccc2c1. The molecule has 1 aliphatic heterocycles. The molecule has 4 rings (SSSR count). The lowest BCUT2D eigenvalue weighted by Gasteiger charge is -2.28. The van der Waals surface area contributed by atoms with Gasteiger partial charge in [0.15, 0.2) is 0 Å². The van der Waals surface area contributed by atoms with E-state index in [0.717, 1.165) is 5.39 Å². The molecule has 0 fully saturated rings. The van der Waals surface area contributed by atoms with Gasteiger partial charge in [-0.2, -0.15) is 0 Å². The highest BCUT2D eigenvalue weighted by molar-refractivity contribution is 6.47. The summed E-state index contributed by atoms with van der Waals surface area (Å²) in [6.45, 7) is 0. The first-order valence-electron chi connectivity index (χ1n) is 7.97. The first-order chi connectivity index (χ1) is 12.5. The number of nitrogens with one attached hydrogen (secondary N) is 2. The Morgan fingerprint density at radius 2 is 2.19 bits per heavy atom. The van der Waals surface area contributed by atoms with Crippen LogP contribution >= 0.6 is 0 Å². The van der Waals surface area contributed by atoms with Crippen molar-refractivity contribution in [1.29, 1.82) is 0 Å². The minimum absolute atomic E-state index is 0.0200. The fourth-order valence-corrected chi connectivity index (χ4v) is 3.03. The van der Waals surface area contributed by atoms with Crippen LogP contribution in [-0.4, -0.2) is 45.0 Å². The van der Waals surface area contributed by atoms with Gasteiger partial charge in [0.25, 0.3) is 5.91 Å². The number of para-hydroxylation sites is 1. The molecule has 3 aromatic rings. The number of aromatic amines is 1. The lowest BCUT2D eigenvalue weighted by molar-refractivity contribution is 0.0693. The maximum Gasteiger partial charge on any atom is 0.547 e. The second kappa shape index (κ2) is 6.19. The molecular formula is C17H14BN3O5. The molecule has 0 spiro atoms.